The summed E-state index contributed by atoms with van der Waals surface area (Å²) >= 11 is 0. The zero-order valence-electron chi connectivity index (χ0n) is 11.4. The van der Waals surface area contributed by atoms with Gasteiger partial charge in [-0.3, -0.25) is 0 Å². The number of hydrogen-bond donors (Lipinski definition) is 1. The molecule has 2 N–H and O–H groups in total. The van der Waals surface area contributed by atoms with E-state index in [-0.39, 0.29) is 0 Å². The molecule has 0 aliphatic heterocycles. The maximum atomic E-state index is 5.70. The van der Waals surface area contributed by atoms with Crippen LogP contribution >= 0.6 is 0 Å². The van der Waals surface area contributed by atoms with E-state index >= 15 is 0 Å². The molecule has 2 aromatic carbocycles. The lowest BCUT2D eigenvalue weighted by Crippen LogP contribution is -2.10. The van der Waals surface area contributed by atoms with E-state index in [0.29, 0.717) is 0 Å². The van der Waals surface area contributed by atoms with Crippen LogP contribution in [0.15, 0.2) is 42.5 Å². The predicted octanol–water partition coefficient (Wildman–Crippen LogP) is 3.05. The first-order chi connectivity index (χ1) is 9.15. The van der Waals surface area contributed by atoms with E-state index < -0.39 is 0 Å². The van der Waals surface area contributed by atoms with Crippen molar-refractivity contribution < 1.29 is 9.47 Å². The van der Waals surface area contributed by atoms with Crippen molar-refractivity contribution in [1.82, 2.24) is 0 Å². The highest BCUT2D eigenvalue weighted by molar-refractivity contribution is 5.70. The summed E-state index contributed by atoms with van der Waals surface area (Å²) < 4.78 is 10.6. The Kier molecular flexibility index (Phi) is 3.80. The number of methoxy groups -OCH3 is 2. The van der Waals surface area contributed by atoms with Crippen molar-refractivity contribution in [3.63, 3.8) is 0 Å². The Labute approximate surface area is 113 Å². The lowest BCUT2D eigenvalue weighted by atomic mass is 10.2. The summed E-state index contributed by atoms with van der Waals surface area (Å²) in [5.41, 5.74) is 8.45. The number of anilines is 3. The fourth-order valence-corrected chi connectivity index (χ4v) is 1.90. The SMILES string of the molecule is COc1ccc(N(C)c2ccc(N)cc2)c(OC)c1. The maximum Gasteiger partial charge on any atom is 0.146 e. The third-order valence-electron chi connectivity index (χ3n) is 3.03. The van der Waals surface area contributed by atoms with Crippen molar-refractivity contribution in [2.45, 2.75) is 0 Å². The molecule has 0 unspecified atom stereocenters. The van der Waals surface area contributed by atoms with Crippen molar-refractivity contribution in [2.24, 2.45) is 0 Å². The van der Waals surface area contributed by atoms with Crippen LogP contribution < -0.4 is 20.1 Å². The summed E-state index contributed by atoms with van der Waals surface area (Å²) in [4.78, 5) is 2.04. The second-order valence-electron chi connectivity index (χ2n) is 4.19. The molecule has 2 aromatic rings. The molecule has 2 rings (SSSR count). The monoisotopic (exact) mass is 258 g/mol. The molecule has 4 nitrogen and oxygen atoms in total. The summed E-state index contributed by atoms with van der Waals surface area (Å²) in [6.07, 6.45) is 0. The Bertz CT molecular complexity index is 553. The summed E-state index contributed by atoms with van der Waals surface area (Å²) in [5, 5.41) is 0. The van der Waals surface area contributed by atoms with Gasteiger partial charge in [-0.15, -0.1) is 0 Å². The standard InChI is InChI=1S/C15H18N2O2/c1-17(12-6-4-11(16)5-7-12)14-9-8-13(18-2)10-15(14)19-3/h4-10H,16H2,1-3H3. The summed E-state index contributed by atoms with van der Waals surface area (Å²) in [6.45, 7) is 0. The molecule has 19 heavy (non-hydrogen) atoms. The summed E-state index contributed by atoms with van der Waals surface area (Å²) in [5.74, 6) is 1.53. The number of nitrogens with zero attached hydrogens (tertiary/aromatic N) is 1. The second kappa shape index (κ2) is 5.52. The van der Waals surface area contributed by atoms with Crippen LogP contribution in [0.3, 0.4) is 0 Å². The van der Waals surface area contributed by atoms with Crippen LogP contribution in [0.1, 0.15) is 0 Å². The average molecular weight is 258 g/mol. The largest absolute Gasteiger partial charge is 0.497 e. The van der Waals surface area contributed by atoms with Gasteiger partial charge >= 0.3 is 0 Å². The first-order valence-electron chi connectivity index (χ1n) is 5.97. The minimum absolute atomic E-state index is 0.749. The van der Waals surface area contributed by atoms with E-state index in [2.05, 4.69) is 0 Å². The van der Waals surface area contributed by atoms with Crippen LogP contribution in [0.2, 0.25) is 0 Å². The van der Waals surface area contributed by atoms with Crippen molar-refractivity contribution in [2.75, 3.05) is 31.9 Å². The molecule has 0 aliphatic carbocycles. The Morgan fingerprint density at radius 1 is 0.947 bits per heavy atom. The van der Waals surface area contributed by atoms with E-state index in [1.54, 1.807) is 14.2 Å². The van der Waals surface area contributed by atoms with Crippen molar-refractivity contribution in [1.29, 1.82) is 0 Å². The number of nitrogens with two attached hydrogens (primary N) is 1. The molecule has 0 saturated heterocycles. The Hall–Kier alpha value is -2.36. The van der Waals surface area contributed by atoms with Crippen molar-refractivity contribution in [3.05, 3.63) is 42.5 Å². The predicted molar refractivity (Wildman–Crippen MR) is 78.5 cm³/mol. The normalized spacial score (nSPS) is 10.1. The Morgan fingerprint density at radius 3 is 2.21 bits per heavy atom. The average Bonchev–Trinajstić information content (AvgIpc) is 2.46. The summed E-state index contributed by atoms with van der Waals surface area (Å²) in [6, 6.07) is 13.4. The molecule has 0 aliphatic rings. The van der Waals surface area contributed by atoms with Gasteiger partial charge in [0.2, 0.25) is 0 Å². The van der Waals surface area contributed by atoms with E-state index in [1.807, 2.05) is 54.4 Å². The minimum atomic E-state index is 0.749. The van der Waals surface area contributed by atoms with Gasteiger partial charge in [-0.05, 0) is 36.4 Å². The number of rotatable bonds is 4. The van der Waals surface area contributed by atoms with Crippen molar-refractivity contribution in [3.8, 4) is 11.5 Å². The van der Waals surface area contributed by atoms with Crippen LogP contribution in [0.4, 0.5) is 17.1 Å². The lowest BCUT2D eigenvalue weighted by molar-refractivity contribution is 0.395. The van der Waals surface area contributed by atoms with E-state index in [0.717, 1.165) is 28.6 Å². The minimum Gasteiger partial charge on any atom is -0.497 e. The van der Waals surface area contributed by atoms with Gasteiger partial charge in [-0.1, -0.05) is 0 Å². The van der Waals surface area contributed by atoms with Gasteiger partial charge in [-0.2, -0.15) is 0 Å². The van der Waals surface area contributed by atoms with Crippen LogP contribution in [0.25, 0.3) is 0 Å². The highest BCUT2D eigenvalue weighted by Crippen LogP contribution is 2.35. The third kappa shape index (κ3) is 2.73. The smallest absolute Gasteiger partial charge is 0.146 e. The summed E-state index contributed by atoms with van der Waals surface area (Å²) in [7, 11) is 5.27. The number of hydrogen-bond acceptors (Lipinski definition) is 4. The van der Waals surface area contributed by atoms with Crippen LogP contribution in [-0.2, 0) is 0 Å². The first-order valence-corrected chi connectivity index (χ1v) is 5.97. The molecular formula is C15H18N2O2. The van der Waals surface area contributed by atoms with Gasteiger partial charge in [-0.25, -0.2) is 0 Å². The second-order valence-corrected chi connectivity index (χ2v) is 4.19. The molecule has 0 fully saturated rings. The Morgan fingerprint density at radius 2 is 1.63 bits per heavy atom. The third-order valence-corrected chi connectivity index (χ3v) is 3.03. The molecule has 0 radical (unpaired) electrons. The first kappa shape index (κ1) is 13.1. The van der Waals surface area contributed by atoms with Gasteiger partial charge < -0.3 is 20.1 Å². The number of benzene rings is 2. The highest BCUT2D eigenvalue weighted by atomic mass is 16.5. The highest BCUT2D eigenvalue weighted by Gasteiger charge is 2.11. The van der Waals surface area contributed by atoms with E-state index in [9.17, 15) is 0 Å². The molecule has 0 spiro atoms. The van der Waals surface area contributed by atoms with Gasteiger partial charge in [0.15, 0.2) is 0 Å². The van der Waals surface area contributed by atoms with Crippen LogP contribution in [-0.4, -0.2) is 21.3 Å². The molecule has 4 heteroatoms. The zero-order valence-corrected chi connectivity index (χ0v) is 11.4. The molecule has 0 aromatic heterocycles. The molecule has 0 heterocycles. The molecule has 0 saturated carbocycles. The van der Waals surface area contributed by atoms with Crippen LogP contribution in [0.5, 0.6) is 11.5 Å². The van der Waals surface area contributed by atoms with Gasteiger partial charge in [0.05, 0.1) is 19.9 Å². The zero-order chi connectivity index (χ0) is 13.8. The topological polar surface area (TPSA) is 47.7 Å². The Balaban J connectivity index is 2.37. The van der Waals surface area contributed by atoms with Crippen LogP contribution in [0, 0.1) is 0 Å². The number of ether oxygens (including phenoxy) is 2. The van der Waals surface area contributed by atoms with E-state index in [1.165, 1.54) is 0 Å². The quantitative estimate of drug-likeness (QED) is 0.856. The van der Waals surface area contributed by atoms with Crippen molar-refractivity contribution >= 4 is 17.1 Å². The molecular weight excluding hydrogens is 240 g/mol. The molecule has 0 amide bonds. The molecule has 0 atom stereocenters. The fourth-order valence-electron chi connectivity index (χ4n) is 1.90. The maximum absolute atomic E-state index is 5.70. The molecule has 0 bridgehead atoms. The molecule has 100 valence electrons. The van der Waals surface area contributed by atoms with Gasteiger partial charge in [0.25, 0.3) is 0 Å². The lowest BCUT2D eigenvalue weighted by Gasteiger charge is -2.22. The van der Waals surface area contributed by atoms with Gasteiger partial charge in [0, 0.05) is 24.5 Å². The van der Waals surface area contributed by atoms with Gasteiger partial charge in [0.1, 0.15) is 11.5 Å². The fraction of sp³-hybridized carbons (Fsp3) is 0.200. The number of nitrogen functional groups attached to an aromatic ring is 1. The van der Waals surface area contributed by atoms with E-state index in [4.69, 9.17) is 15.2 Å².